The van der Waals surface area contributed by atoms with Crippen molar-refractivity contribution >= 4 is 27.5 Å². The van der Waals surface area contributed by atoms with E-state index in [0.717, 1.165) is 10.0 Å². The van der Waals surface area contributed by atoms with E-state index in [1.165, 1.54) is 0 Å². The molecule has 2 rings (SSSR count). The van der Waals surface area contributed by atoms with Crippen LogP contribution in [0.15, 0.2) is 27.5 Å². The molecule has 17 heavy (non-hydrogen) atoms. The molecular formula is C10H9BrN4O2. The molecule has 0 saturated carbocycles. The molecule has 0 atom stereocenters. The topological polar surface area (TPSA) is 90.6 Å². The standard InChI is InChI=1S/C10H9BrN4O2/c1-5-4-6(2-3-7(5)11)12-9(16)8-13-10(17)15-14-8/h2-4H,1H3,(H,12,16)(H2,13,14,15,17). The molecule has 1 aromatic heterocycles. The third-order valence-corrected chi connectivity index (χ3v) is 3.02. The van der Waals surface area contributed by atoms with Gasteiger partial charge in [0.25, 0.3) is 5.91 Å². The summed E-state index contributed by atoms with van der Waals surface area (Å²) >= 11 is 3.37. The summed E-state index contributed by atoms with van der Waals surface area (Å²) in [5.41, 5.74) is 1.13. The first kappa shape index (κ1) is 11.6. The molecule has 7 heteroatoms. The summed E-state index contributed by atoms with van der Waals surface area (Å²) in [6.45, 7) is 1.91. The van der Waals surface area contributed by atoms with E-state index in [4.69, 9.17) is 0 Å². The Morgan fingerprint density at radius 1 is 1.47 bits per heavy atom. The van der Waals surface area contributed by atoms with Crippen molar-refractivity contribution in [1.29, 1.82) is 0 Å². The largest absolute Gasteiger partial charge is 0.341 e. The number of nitrogens with zero attached hydrogens (tertiary/aromatic N) is 1. The molecule has 0 aliphatic carbocycles. The van der Waals surface area contributed by atoms with Crippen LogP contribution < -0.4 is 11.0 Å². The van der Waals surface area contributed by atoms with Crippen molar-refractivity contribution in [1.82, 2.24) is 15.2 Å². The van der Waals surface area contributed by atoms with Gasteiger partial charge in [-0.15, -0.1) is 5.10 Å². The van der Waals surface area contributed by atoms with E-state index < -0.39 is 11.6 Å². The Labute approximate surface area is 105 Å². The molecule has 0 bridgehead atoms. The minimum Gasteiger partial charge on any atom is -0.319 e. The second-order valence-corrected chi connectivity index (χ2v) is 4.30. The third-order valence-electron chi connectivity index (χ3n) is 2.13. The number of carbonyl (C=O) groups excluding carboxylic acids is 1. The monoisotopic (exact) mass is 296 g/mol. The van der Waals surface area contributed by atoms with Crippen molar-refractivity contribution in [2.24, 2.45) is 0 Å². The van der Waals surface area contributed by atoms with Crippen LogP contribution in [0.2, 0.25) is 0 Å². The van der Waals surface area contributed by atoms with Gasteiger partial charge in [-0.25, -0.2) is 9.89 Å². The molecule has 0 aliphatic heterocycles. The lowest BCUT2D eigenvalue weighted by molar-refractivity contribution is 0.101. The van der Waals surface area contributed by atoms with Crippen LogP contribution in [0.25, 0.3) is 0 Å². The number of nitrogens with one attached hydrogen (secondary N) is 3. The van der Waals surface area contributed by atoms with E-state index in [1.54, 1.807) is 6.07 Å². The van der Waals surface area contributed by atoms with Crippen LogP contribution in [0.3, 0.4) is 0 Å². The van der Waals surface area contributed by atoms with E-state index in [1.807, 2.05) is 19.1 Å². The third kappa shape index (κ3) is 2.62. The predicted octanol–water partition coefficient (Wildman–Crippen LogP) is 1.42. The van der Waals surface area contributed by atoms with Gasteiger partial charge in [-0.3, -0.25) is 9.78 Å². The number of carbonyl (C=O) groups is 1. The summed E-state index contributed by atoms with van der Waals surface area (Å²) in [5.74, 6) is -0.513. The zero-order chi connectivity index (χ0) is 12.4. The van der Waals surface area contributed by atoms with Crippen molar-refractivity contribution in [3.05, 3.63) is 44.5 Å². The fourth-order valence-corrected chi connectivity index (χ4v) is 1.54. The second-order valence-electron chi connectivity index (χ2n) is 3.44. The summed E-state index contributed by atoms with van der Waals surface area (Å²) in [6.07, 6.45) is 0. The van der Waals surface area contributed by atoms with Gasteiger partial charge in [-0.1, -0.05) is 15.9 Å². The first-order valence-corrected chi connectivity index (χ1v) is 5.58. The molecular weight excluding hydrogens is 288 g/mol. The first-order chi connectivity index (χ1) is 8.06. The highest BCUT2D eigenvalue weighted by Crippen LogP contribution is 2.20. The molecule has 1 aromatic carbocycles. The van der Waals surface area contributed by atoms with E-state index in [9.17, 15) is 9.59 Å². The van der Waals surface area contributed by atoms with Gasteiger partial charge in [0.2, 0.25) is 5.82 Å². The maximum atomic E-state index is 11.6. The van der Waals surface area contributed by atoms with Crippen molar-refractivity contribution in [2.75, 3.05) is 5.32 Å². The Morgan fingerprint density at radius 3 is 2.82 bits per heavy atom. The molecule has 88 valence electrons. The number of benzene rings is 1. The predicted molar refractivity (Wildman–Crippen MR) is 66.0 cm³/mol. The van der Waals surface area contributed by atoms with Gasteiger partial charge in [0.05, 0.1) is 0 Å². The number of hydrogen-bond donors (Lipinski definition) is 3. The van der Waals surface area contributed by atoms with Crippen LogP contribution in [0, 0.1) is 6.92 Å². The molecule has 3 N–H and O–H groups in total. The van der Waals surface area contributed by atoms with Crippen molar-refractivity contribution in [3.63, 3.8) is 0 Å². The van der Waals surface area contributed by atoms with Crippen molar-refractivity contribution < 1.29 is 4.79 Å². The fourth-order valence-electron chi connectivity index (χ4n) is 1.29. The number of hydrogen-bond acceptors (Lipinski definition) is 3. The zero-order valence-electron chi connectivity index (χ0n) is 8.87. The summed E-state index contributed by atoms with van der Waals surface area (Å²) in [4.78, 5) is 24.7. The van der Waals surface area contributed by atoms with Crippen LogP contribution in [-0.2, 0) is 0 Å². The Balaban J connectivity index is 2.18. The minimum atomic E-state index is -0.512. The fraction of sp³-hybridized carbons (Fsp3) is 0.100. The Hall–Kier alpha value is -1.89. The van der Waals surface area contributed by atoms with E-state index in [2.05, 4.69) is 36.4 Å². The molecule has 0 spiro atoms. The van der Waals surface area contributed by atoms with E-state index >= 15 is 0 Å². The number of amides is 1. The number of aromatic nitrogens is 3. The molecule has 0 unspecified atom stereocenters. The first-order valence-electron chi connectivity index (χ1n) is 4.78. The van der Waals surface area contributed by atoms with Gasteiger partial charge < -0.3 is 5.32 Å². The number of H-pyrrole nitrogens is 2. The highest BCUT2D eigenvalue weighted by atomic mass is 79.9. The van der Waals surface area contributed by atoms with Crippen LogP contribution in [0.4, 0.5) is 5.69 Å². The summed E-state index contributed by atoms with van der Waals surface area (Å²) < 4.78 is 0.962. The highest BCUT2D eigenvalue weighted by molar-refractivity contribution is 9.10. The van der Waals surface area contributed by atoms with Crippen LogP contribution in [-0.4, -0.2) is 21.1 Å². The van der Waals surface area contributed by atoms with Gasteiger partial charge >= 0.3 is 5.69 Å². The average molecular weight is 297 g/mol. The molecule has 1 heterocycles. The maximum absolute atomic E-state index is 11.6. The number of aryl methyl sites for hydroxylation is 1. The number of aromatic amines is 2. The lowest BCUT2D eigenvalue weighted by Gasteiger charge is -2.04. The Bertz CT molecular complexity index is 617. The summed E-state index contributed by atoms with van der Waals surface area (Å²) in [7, 11) is 0. The molecule has 0 saturated heterocycles. The smallest absolute Gasteiger partial charge is 0.319 e. The Kier molecular flexibility index (Phi) is 3.10. The lowest BCUT2D eigenvalue weighted by Crippen LogP contribution is -2.14. The quantitative estimate of drug-likeness (QED) is 0.783. The highest BCUT2D eigenvalue weighted by Gasteiger charge is 2.10. The van der Waals surface area contributed by atoms with Crippen LogP contribution in [0.5, 0.6) is 0 Å². The lowest BCUT2D eigenvalue weighted by atomic mass is 10.2. The van der Waals surface area contributed by atoms with E-state index in [0.29, 0.717) is 5.69 Å². The van der Waals surface area contributed by atoms with Crippen LogP contribution >= 0.6 is 15.9 Å². The number of rotatable bonds is 2. The molecule has 0 radical (unpaired) electrons. The van der Waals surface area contributed by atoms with Crippen LogP contribution in [0.1, 0.15) is 16.2 Å². The molecule has 0 aliphatic rings. The molecule has 2 aromatic rings. The molecule has 1 amide bonds. The van der Waals surface area contributed by atoms with Gasteiger partial charge in [0.1, 0.15) is 0 Å². The number of halogens is 1. The molecule has 0 fully saturated rings. The van der Waals surface area contributed by atoms with Crippen molar-refractivity contribution in [3.8, 4) is 0 Å². The SMILES string of the molecule is Cc1cc(NC(=O)c2n[nH]c(=O)[nH]2)ccc1Br. The van der Waals surface area contributed by atoms with E-state index in [-0.39, 0.29) is 5.82 Å². The minimum absolute atomic E-state index is 0.0458. The maximum Gasteiger partial charge on any atom is 0.341 e. The summed E-state index contributed by atoms with van der Waals surface area (Å²) in [5, 5.41) is 8.29. The summed E-state index contributed by atoms with van der Waals surface area (Å²) in [6, 6.07) is 5.39. The van der Waals surface area contributed by atoms with Gasteiger partial charge in [-0.2, -0.15) is 0 Å². The normalized spacial score (nSPS) is 10.2. The average Bonchev–Trinajstić information content (AvgIpc) is 2.70. The second kappa shape index (κ2) is 4.54. The Morgan fingerprint density at radius 2 is 2.24 bits per heavy atom. The van der Waals surface area contributed by atoms with Gasteiger partial charge in [0, 0.05) is 10.2 Å². The van der Waals surface area contributed by atoms with Gasteiger partial charge in [0.15, 0.2) is 0 Å². The van der Waals surface area contributed by atoms with Gasteiger partial charge in [-0.05, 0) is 30.7 Å². The van der Waals surface area contributed by atoms with Crippen molar-refractivity contribution in [2.45, 2.75) is 6.92 Å². The zero-order valence-corrected chi connectivity index (χ0v) is 10.5. The molecule has 6 nitrogen and oxygen atoms in total. The number of anilines is 1.